The van der Waals surface area contributed by atoms with Crippen LogP contribution in [0.5, 0.6) is 0 Å². The summed E-state index contributed by atoms with van der Waals surface area (Å²) < 4.78 is 11.8. The maximum Gasteiger partial charge on any atom is 0.270 e. The van der Waals surface area contributed by atoms with E-state index in [9.17, 15) is 14.5 Å². The van der Waals surface area contributed by atoms with E-state index in [1.807, 2.05) is 0 Å². The number of alkyl halides is 1. The molecule has 0 atom stereocenters. The Morgan fingerprint density at radius 1 is 1.50 bits per heavy atom. The van der Waals surface area contributed by atoms with Crippen LogP contribution in [0.2, 0.25) is 5.02 Å². The SMILES string of the molecule is O=[N+]([O-])c1ccc(CNCCCF)c(Cl)c1. The van der Waals surface area contributed by atoms with Crippen LogP contribution in [0.3, 0.4) is 0 Å². The van der Waals surface area contributed by atoms with E-state index in [2.05, 4.69) is 5.32 Å². The summed E-state index contributed by atoms with van der Waals surface area (Å²) in [6.45, 7) is 0.682. The van der Waals surface area contributed by atoms with Gasteiger partial charge >= 0.3 is 0 Å². The van der Waals surface area contributed by atoms with Crippen molar-refractivity contribution in [1.29, 1.82) is 0 Å². The average Bonchev–Trinajstić information content (AvgIpc) is 2.26. The number of hydrogen-bond acceptors (Lipinski definition) is 3. The number of non-ortho nitro benzene ring substituents is 1. The van der Waals surface area contributed by atoms with Crippen LogP contribution >= 0.6 is 11.6 Å². The third kappa shape index (κ3) is 3.75. The Morgan fingerprint density at radius 2 is 2.25 bits per heavy atom. The number of halogens is 2. The van der Waals surface area contributed by atoms with E-state index in [4.69, 9.17) is 11.6 Å². The maximum absolute atomic E-state index is 11.8. The summed E-state index contributed by atoms with van der Waals surface area (Å²) in [6.07, 6.45) is 0.449. The summed E-state index contributed by atoms with van der Waals surface area (Å²) in [5.41, 5.74) is 0.739. The third-order valence-electron chi connectivity index (χ3n) is 2.05. The first kappa shape index (κ1) is 12.9. The van der Waals surface area contributed by atoms with Crippen molar-refractivity contribution in [2.75, 3.05) is 13.2 Å². The summed E-state index contributed by atoms with van der Waals surface area (Å²) in [7, 11) is 0. The van der Waals surface area contributed by atoms with E-state index in [0.29, 0.717) is 24.5 Å². The van der Waals surface area contributed by atoms with Crippen LogP contribution in [0.25, 0.3) is 0 Å². The minimum Gasteiger partial charge on any atom is -0.313 e. The molecule has 1 aromatic carbocycles. The molecule has 0 fully saturated rings. The lowest BCUT2D eigenvalue weighted by Crippen LogP contribution is -2.15. The van der Waals surface area contributed by atoms with Gasteiger partial charge < -0.3 is 5.32 Å². The first-order chi connectivity index (χ1) is 7.65. The number of rotatable bonds is 6. The lowest BCUT2D eigenvalue weighted by Gasteiger charge is -2.05. The van der Waals surface area contributed by atoms with Crippen molar-refractivity contribution in [3.63, 3.8) is 0 Å². The highest BCUT2D eigenvalue weighted by Crippen LogP contribution is 2.22. The zero-order valence-corrected chi connectivity index (χ0v) is 9.34. The van der Waals surface area contributed by atoms with Gasteiger partial charge in [-0.05, 0) is 24.6 Å². The Bertz CT molecular complexity index is 374. The van der Waals surface area contributed by atoms with Crippen molar-refractivity contribution in [3.05, 3.63) is 38.9 Å². The summed E-state index contributed by atoms with van der Waals surface area (Å²) in [4.78, 5) is 9.96. The third-order valence-corrected chi connectivity index (χ3v) is 2.40. The van der Waals surface area contributed by atoms with Gasteiger partial charge in [0.15, 0.2) is 0 Å². The minimum atomic E-state index is -0.494. The molecule has 0 bridgehead atoms. The number of nitrogens with zero attached hydrogens (tertiary/aromatic N) is 1. The predicted octanol–water partition coefficient (Wildman–Crippen LogP) is 2.70. The smallest absolute Gasteiger partial charge is 0.270 e. The molecule has 0 amide bonds. The zero-order valence-electron chi connectivity index (χ0n) is 8.58. The number of nitro groups is 1. The number of benzene rings is 1. The van der Waals surface area contributed by atoms with Gasteiger partial charge in [0, 0.05) is 18.7 Å². The summed E-state index contributed by atoms with van der Waals surface area (Å²) in [5, 5.41) is 13.8. The van der Waals surface area contributed by atoms with Gasteiger partial charge in [-0.3, -0.25) is 14.5 Å². The minimum absolute atomic E-state index is 0.0301. The molecule has 1 N–H and O–H groups in total. The molecule has 0 heterocycles. The summed E-state index contributed by atoms with van der Waals surface area (Å²) >= 11 is 5.87. The van der Waals surface area contributed by atoms with Gasteiger partial charge in [0.2, 0.25) is 0 Å². The molecule has 88 valence electrons. The molecule has 0 aliphatic heterocycles. The van der Waals surface area contributed by atoms with Crippen LogP contribution in [0.15, 0.2) is 18.2 Å². The Balaban J connectivity index is 2.57. The molecular weight excluding hydrogens is 235 g/mol. The highest BCUT2D eigenvalue weighted by Gasteiger charge is 2.08. The molecule has 0 unspecified atom stereocenters. The van der Waals surface area contributed by atoms with Crippen molar-refractivity contribution in [3.8, 4) is 0 Å². The quantitative estimate of drug-likeness (QED) is 0.477. The Morgan fingerprint density at radius 3 is 2.81 bits per heavy atom. The van der Waals surface area contributed by atoms with Gasteiger partial charge in [-0.15, -0.1) is 0 Å². The molecule has 0 aliphatic rings. The first-order valence-electron chi connectivity index (χ1n) is 4.84. The molecule has 1 aromatic rings. The van der Waals surface area contributed by atoms with E-state index < -0.39 is 4.92 Å². The normalized spacial score (nSPS) is 10.4. The molecule has 0 aromatic heterocycles. The van der Waals surface area contributed by atoms with E-state index in [1.165, 1.54) is 12.1 Å². The Hall–Kier alpha value is -1.20. The predicted molar refractivity (Wildman–Crippen MR) is 60.4 cm³/mol. The Kier molecular flexibility index (Phi) is 5.14. The number of nitrogens with one attached hydrogen (secondary N) is 1. The van der Waals surface area contributed by atoms with Crippen molar-refractivity contribution in [2.24, 2.45) is 0 Å². The van der Waals surface area contributed by atoms with Crippen molar-refractivity contribution in [1.82, 2.24) is 5.32 Å². The molecule has 6 heteroatoms. The van der Waals surface area contributed by atoms with Gasteiger partial charge in [-0.1, -0.05) is 11.6 Å². The second-order valence-corrected chi connectivity index (χ2v) is 3.66. The number of hydrogen-bond donors (Lipinski definition) is 1. The maximum atomic E-state index is 11.8. The average molecular weight is 247 g/mol. The van der Waals surface area contributed by atoms with Crippen molar-refractivity contribution in [2.45, 2.75) is 13.0 Å². The van der Waals surface area contributed by atoms with Crippen LogP contribution in [0.1, 0.15) is 12.0 Å². The van der Waals surface area contributed by atoms with Crippen LogP contribution in [-0.4, -0.2) is 18.1 Å². The lowest BCUT2D eigenvalue weighted by molar-refractivity contribution is -0.384. The van der Waals surface area contributed by atoms with Crippen LogP contribution in [0.4, 0.5) is 10.1 Å². The van der Waals surface area contributed by atoms with E-state index >= 15 is 0 Å². The van der Waals surface area contributed by atoms with Gasteiger partial charge in [0.1, 0.15) is 0 Å². The number of nitro benzene ring substituents is 1. The molecule has 0 spiro atoms. The zero-order chi connectivity index (χ0) is 12.0. The molecule has 0 aliphatic carbocycles. The fourth-order valence-electron chi connectivity index (χ4n) is 1.21. The standard InChI is InChI=1S/C10H12ClFN2O2/c11-10-6-9(14(15)16)3-2-8(10)7-13-5-1-4-12/h2-3,6,13H,1,4-5,7H2. The summed E-state index contributed by atoms with van der Waals surface area (Å²) in [5.74, 6) is 0. The topological polar surface area (TPSA) is 55.2 Å². The van der Waals surface area contributed by atoms with Crippen molar-refractivity contribution >= 4 is 17.3 Å². The molecular formula is C10H12ClFN2O2. The highest BCUT2D eigenvalue weighted by molar-refractivity contribution is 6.31. The first-order valence-corrected chi connectivity index (χ1v) is 5.22. The lowest BCUT2D eigenvalue weighted by atomic mass is 10.2. The largest absolute Gasteiger partial charge is 0.313 e. The van der Waals surface area contributed by atoms with Crippen LogP contribution in [-0.2, 0) is 6.54 Å². The molecule has 16 heavy (non-hydrogen) atoms. The van der Waals surface area contributed by atoms with Gasteiger partial charge in [0.25, 0.3) is 5.69 Å². The fraction of sp³-hybridized carbons (Fsp3) is 0.400. The summed E-state index contributed by atoms with van der Waals surface area (Å²) in [6, 6.07) is 4.31. The highest BCUT2D eigenvalue weighted by atomic mass is 35.5. The van der Waals surface area contributed by atoms with Gasteiger partial charge in [0.05, 0.1) is 16.6 Å². The Labute approximate surface area is 97.6 Å². The van der Waals surface area contributed by atoms with E-state index in [1.54, 1.807) is 6.07 Å². The van der Waals surface area contributed by atoms with Crippen LogP contribution < -0.4 is 5.32 Å². The fourth-order valence-corrected chi connectivity index (χ4v) is 1.45. The van der Waals surface area contributed by atoms with Gasteiger partial charge in [-0.25, -0.2) is 0 Å². The van der Waals surface area contributed by atoms with E-state index in [0.717, 1.165) is 5.56 Å². The van der Waals surface area contributed by atoms with Crippen LogP contribution in [0, 0.1) is 10.1 Å². The van der Waals surface area contributed by atoms with Crippen molar-refractivity contribution < 1.29 is 9.31 Å². The second-order valence-electron chi connectivity index (χ2n) is 3.25. The molecule has 0 saturated heterocycles. The van der Waals surface area contributed by atoms with E-state index in [-0.39, 0.29) is 12.4 Å². The second kappa shape index (κ2) is 6.40. The molecule has 1 rings (SSSR count). The molecule has 0 saturated carbocycles. The monoisotopic (exact) mass is 246 g/mol. The molecule has 0 radical (unpaired) electrons. The van der Waals surface area contributed by atoms with Gasteiger partial charge in [-0.2, -0.15) is 0 Å². The molecule has 4 nitrogen and oxygen atoms in total.